The molecular weight excluding hydrogens is 496 g/mol. The summed E-state index contributed by atoms with van der Waals surface area (Å²) in [5, 5.41) is 9.43. The van der Waals surface area contributed by atoms with Crippen LogP contribution in [0.15, 0.2) is 59.4 Å². The van der Waals surface area contributed by atoms with Gasteiger partial charge in [-0.25, -0.2) is 9.78 Å². The number of carbonyl (C=O) groups is 1. The molecule has 5 rings (SSSR count). The third-order valence-corrected chi connectivity index (χ3v) is 6.56. The smallest absolute Gasteiger partial charge is 0.324 e. The van der Waals surface area contributed by atoms with E-state index in [0.29, 0.717) is 23.9 Å². The predicted octanol–water partition coefficient (Wildman–Crippen LogP) is 5.42. The lowest BCUT2D eigenvalue weighted by atomic mass is 9.93. The molecule has 0 aliphatic carbocycles. The maximum absolute atomic E-state index is 12.4. The molecule has 0 radical (unpaired) electrons. The number of fused-ring (bicyclic) bond motifs is 1. The fraction of sp³-hybridized carbons (Fsp3) is 0.414. The van der Waals surface area contributed by atoms with Gasteiger partial charge in [0.1, 0.15) is 17.2 Å². The summed E-state index contributed by atoms with van der Waals surface area (Å²) in [6.07, 6.45) is 6.01. The van der Waals surface area contributed by atoms with Crippen LogP contribution < -0.4 is 15.4 Å². The Kier molecular flexibility index (Phi) is 8.13. The lowest BCUT2D eigenvalue weighted by Crippen LogP contribution is -2.28. The molecule has 1 aliphatic heterocycles. The van der Waals surface area contributed by atoms with Gasteiger partial charge < -0.3 is 28.6 Å². The van der Waals surface area contributed by atoms with Crippen molar-refractivity contribution in [1.82, 2.24) is 19.4 Å². The molecule has 1 saturated heterocycles. The Morgan fingerprint density at radius 1 is 1.05 bits per heavy atom. The Morgan fingerprint density at radius 2 is 1.90 bits per heavy atom. The number of urea groups is 1. The van der Waals surface area contributed by atoms with Gasteiger partial charge in [-0.2, -0.15) is 0 Å². The minimum absolute atomic E-state index is 0.186. The highest BCUT2D eigenvalue weighted by Crippen LogP contribution is 2.25. The molecule has 0 unspecified atom stereocenters. The van der Waals surface area contributed by atoms with Gasteiger partial charge >= 0.3 is 6.03 Å². The fourth-order valence-corrected chi connectivity index (χ4v) is 4.39. The van der Waals surface area contributed by atoms with Gasteiger partial charge in [0.15, 0.2) is 5.82 Å². The van der Waals surface area contributed by atoms with Crippen LogP contribution in [0.5, 0.6) is 5.75 Å². The summed E-state index contributed by atoms with van der Waals surface area (Å²) in [5.74, 6) is 1.89. The van der Waals surface area contributed by atoms with Crippen LogP contribution in [0.4, 0.5) is 16.3 Å². The molecule has 4 heterocycles. The van der Waals surface area contributed by atoms with Crippen molar-refractivity contribution >= 4 is 23.2 Å². The van der Waals surface area contributed by atoms with Crippen molar-refractivity contribution < 1.29 is 18.8 Å². The second kappa shape index (κ2) is 11.9. The van der Waals surface area contributed by atoms with Crippen LogP contribution in [0, 0.1) is 0 Å². The lowest BCUT2D eigenvalue weighted by molar-refractivity contribution is 0.140. The van der Waals surface area contributed by atoms with E-state index in [1.54, 1.807) is 6.07 Å². The molecule has 10 heteroatoms. The molecule has 4 aromatic rings. The van der Waals surface area contributed by atoms with Crippen molar-refractivity contribution in [2.75, 3.05) is 50.1 Å². The largest absolute Gasteiger partial charge is 0.492 e. The normalized spacial score (nSPS) is 14.7. The Bertz CT molecular complexity index is 1380. The van der Waals surface area contributed by atoms with E-state index in [0.717, 1.165) is 68.3 Å². The minimum atomic E-state index is -0.391. The van der Waals surface area contributed by atoms with Crippen molar-refractivity contribution in [1.29, 1.82) is 0 Å². The van der Waals surface area contributed by atoms with Crippen LogP contribution in [0.25, 0.3) is 16.9 Å². The number of ether oxygens (including phenoxy) is 2. The van der Waals surface area contributed by atoms with E-state index in [-0.39, 0.29) is 5.41 Å². The summed E-state index contributed by atoms with van der Waals surface area (Å²) in [4.78, 5) is 19.6. The Labute approximate surface area is 228 Å². The van der Waals surface area contributed by atoms with Crippen molar-refractivity contribution in [3.63, 3.8) is 0 Å². The van der Waals surface area contributed by atoms with Crippen LogP contribution in [0.3, 0.4) is 0 Å². The Balaban J connectivity index is 1.14. The molecule has 0 bridgehead atoms. The van der Waals surface area contributed by atoms with Gasteiger partial charge in [0.2, 0.25) is 0 Å². The zero-order valence-corrected chi connectivity index (χ0v) is 22.8. The van der Waals surface area contributed by atoms with Gasteiger partial charge in [-0.05, 0) is 37.1 Å². The summed E-state index contributed by atoms with van der Waals surface area (Å²) in [5.41, 5.74) is 3.09. The minimum Gasteiger partial charge on any atom is -0.492 e. The molecule has 1 aromatic carbocycles. The van der Waals surface area contributed by atoms with E-state index in [4.69, 9.17) is 19.0 Å². The molecule has 39 heavy (non-hydrogen) atoms. The first-order valence-corrected chi connectivity index (χ1v) is 13.4. The highest BCUT2D eigenvalue weighted by atomic mass is 16.5. The van der Waals surface area contributed by atoms with E-state index < -0.39 is 6.03 Å². The average molecular weight is 533 g/mol. The summed E-state index contributed by atoms with van der Waals surface area (Å²) in [7, 11) is 0. The maximum atomic E-state index is 12.4. The van der Waals surface area contributed by atoms with Gasteiger partial charge in [-0.3, -0.25) is 5.32 Å². The molecule has 0 spiro atoms. The van der Waals surface area contributed by atoms with E-state index >= 15 is 0 Å². The molecular formula is C29H36N6O4. The quantitative estimate of drug-likeness (QED) is 0.292. The zero-order valence-electron chi connectivity index (χ0n) is 22.8. The number of rotatable bonds is 8. The van der Waals surface area contributed by atoms with E-state index in [1.807, 2.05) is 74.0 Å². The van der Waals surface area contributed by atoms with E-state index in [2.05, 4.69) is 20.7 Å². The van der Waals surface area contributed by atoms with E-state index in [9.17, 15) is 4.79 Å². The number of carbonyl (C=O) groups excluding carboxylic acids is 1. The number of hydrogen-bond donors (Lipinski definition) is 2. The second-order valence-electron chi connectivity index (χ2n) is 10.7. The molecule has 10 nitrogen and oxygen atoms in total. The first kappa shape index (κ1) is 26.7. The SMILES string of the molecule is CC(C)(C)c1cc(NC(=O)Nc2ccc(-c3cn4cc(OCCCN5CCCOCC5)ccc4n3)cc2)no1. The van der Waals surface area contributed by atoms with Gasteiger partial charge in [0.05, 0.1) is 25.1 Å². The van der Waals surface area contributed by atoms with Gasteiger partial charge in [-0.15, -0.1) is 0 Å². The lowest BCUT2D eigenvalue weighted by Gasteiger charge is -2.18. The first-order valence-electron chi connectivity index (χ1n) is 13.4. The molecule has 1 fully saturated rings. The standard InChI is InChI=1S/C29H36N6O4/c1-29(2,3)25-18-26(33-39-25)32-28(36)30-22-8-6-21(7-9-22)24-20-35-19-23(10-11-27(35)31-24)38-16-5-13-34-12-4-15-37-17-14-34/h6-11,18-20H,4-5,12-17H2,1-3H3,(H2,30,32,33,36). The number of pyridine rings is 1. The number of anilines is 2. The van der Waals surface area contributed by atoms with Gasteiger partial charge in [0.25, 0.3) is 0 Å². The summed E-state index contributed by atoms with van der Waals surface area (Å²) < 4.78 is 18.8. The number of nitrogens with zero attached hydrogens (tertiary/aromatic N) is 4. The number of nitrogens with one attached hydrogen (secondary N) is 2. The van der Waals surface area contributed by atoms with Gasteiger partial charge in [-0.1, -0.05) is 38.1 Å². The number of aromatic nitrogens is 3. The van der Waals surface area contributed by atoms with Crippen molar-refractivity contribution in [3.05, 3.63) is 60.6 Å². The number of amides is 2. The predicted molar refractivity (Wildman–Crippen MR) is 150 cm³/mol. The van der Waals surface area contributed by atoms with Gasteiger partial charge in [0, 0.05) is 55.2 Å². The second-order valence-corrected chi connectivity index (χ2v) is 10.7. The first-order chi connectivity index (χ1) is 18.8. The van der Waals surface area contributed by atoms with Crippen LogP contribution >= 0.6 is 0 Å². The molecule has 0 saturated carbocycles. The Morgan fingerprint density at radius 3 is 2.69 bits per heavy atom. The fourth-order valence-electron chi connectivity index (χ4n) is 4.39. The monoisotopic (exact) mass is 532 g/mol. The third kappa shape index (κ3) is 7.15. The number of hydrogen-bond acceptors (Lipinski definition) is 7. The summed E-state index contributed by atoms with van der Waals surface area (Å²) in [6, 6.07) is 12.8. The van der Waals surface area contributed by atoms with Crippen molar-refractivity contribution in [3.8, 4) is 17.0 Å². The highest BCUT2D eigenvalue weighted by molar-refractivity contribution is 5.99. The van der Waals surface area contributed by atoms with Crippen LogP contribution in [-0.4, -0.2) is 64.9 Å². The molecule has 0 atom stereocenters. The number of imidazole rings is 1. The molecule has 206 valence electrons. The van der Waals surface area contributed by atoms with Crippen LogP contribution in [-0.2, 0) is 10.2 Å². The molecule has 1 aliphatic rings. The molecule has 2 N–H and O–H groups in total. The topological polar surface area (TPSA) is 106 Å². The van der Waals surface area contributed by atoms with E-state index in [1.165, 1.54) is 0 Å². The molecule has 2 amide bonds. The highest BCUT2D eigenvalue weighted by Gasteiger charge is 2.20. The maximum Gasteiger partial charge on any atom is 0.324 e. The Hall–Kier alpha value is -3.89. The van der Waals surface area contributed by atoms with Crippen LogP contribution in [0.2, 0.25) is 0 Å². The van der Waals surface area contributed by atoms with Crippen LogP contribution in [0.1, 0.15) is 39.4 Å². The molecule has 3 aromatic heterocycles. The average Bonchev–Trinajstić information content (AvgIpc) is 3.47. The summed E-state index contributed by atoms with van der Waals surface area (Å²) in [6.45, 7) is 11.5. The summed E-state index contributed by atoms with van der Waals surface area (Å²) >= 11 is 0. The zero-order chi connectivity index (χ0) is 27.2. The number of benzene rings is 1. The third-order valence-electron chi connectivity index (χ3n) is 6.56. The van der Waals surface area contributed by atoms with Crippen molar-refractivity contribution in [2.24, 2.45) is 0 Å². The van der Waals surface area contributed by atoms with Crippen molar-refractivity contribution in [2.45, 2.75) is 39.0 Å².